The molecule has 1 N–H and O–H groups in total. The molecule has 2 aromatic carbocycles. The molecule has 0 spiro atoms. The third kappa shape index (κ3) is 2.25. The number of hydrogen-bond donors (Lipinski definition) is 1. The Balaban J connectivity index is 2.47. The van der Waals surface area contributed by atoms with E-state index < -0.39 is 11.6 Å². The Labute approximate surface area is 133 Å². The summed E-state index contributed by atoms with van der Waals surface area (Å²) in [4.78, 5) is 2.87. The van der Waals surface area contributed by atoms with Crippen molar-refractivity contribution in [2.45, 2.75) is 6.92 Å². The van der Waals surface area contributed by atoms with E-state index in [0.29, 0.717) is 21.6 Å². The molecule has 1 heterocycles. The summed E-state index contributed by atoms with van der Waals surface area (Å²) < 4.78 is 29.9. The van der Waals surface area contributed by atoms with Crippen LogP contribution in [-0.4, -0.2) is 9.55 Å². The highest BCUT2D eigenvalue weighted by Crippen LogP contribution is 2.31. The van der Waals surface area contributed by atoms with E-state index in [1.807, 2.05) is 0 Å². The molecule has 0 fully saturated rings. The van der Waals surface area contributed by atoms with Crippen molar-refractivity contribution in [3.63, 3.8) is 0 Å². The molecule has 0 aliphatic rings. The van der Waals surface area contributed by atoms with Crippen LogP contribution in [0, 0.1) is 23.3 Å². The van der Waals surface area contributed by atoms with E-state index in [1.165, 1.54) is 22.8 Å². The van der Waals surface area contributed by atoms with Crippen LogP contribution in [0.5, 0.6) is 0 Å². The van der Waals surface area contributed by atoms with Crippen molar-refractivity contribution in [1.82, 2.24) is 9.55 Å². The molecule has 108 valence electrons. The molecule has 2 nitrogen and oxygen atoms in total. The van der Waals surface area contributed by atoms with Gasteiger partial charge in [-0.1, -0.05) is 29.3 Å². The molecule has 21 heavy (non-hydrogen) atoms. The first-order valence-corrected chi connectivity index (χ1v) is 7.11. The van der Waals surface area contributed by atoms with Crippen LogP contribution in [0.3, 0.4) is 0 Å². The van der Waals surface area contributed by atoms with Crippen LogP contribution in [0.2, 0.25) is 10.0 Å². The zero-order chi connectivity index (χ0) is 15.3. The van der Waals surface area contributed by atoms with Gasteiger partial charge in [-0.25, -0.2) is 8.78 Å². The molecule has 0 unspecified atom stereocenters. The van der Waals surface area contributed by atoms with Gasteiger partial charge in [-0.15, -0.1) is 0 Å². The summed E-state index contributed by atoms with van der Waals surface area (Å²) in [6.07, 6.45) is 0. The van der Waals surface area contributed by atoms with E-state index in [-0.39, 0.29) is 15.5 Å². The normalized spacial score (nSPS) is 11.3. The van der Waals surface area contributed by atoms with Gasteiger partial charge in [0.2, 0.25) is 0 Å². The summed E-state index contributed by atoms with van der Waals surface area (Å²) in [6, 6.07) is 5.66. The molecule has 0 saturated heterocycles. The lowest BCUT2D eigenvalue weighted by atomic mass is 10.2. The quantitative estimate of drug-likeness (QED) is 0.571. The van der Waals surface area contributed by atoms with Crippen LogP contribution in [0.4, 0.5) is 8.78 Å². The number of benzene rings is 2. The summed E-state index contributed by atoms with van der Waals surface area (Å²) in [5, 5.41) is 0.609. The van der Waals surface area contributed by atoms with E-state index in [2.05, 4.69) is 4.98 Å². The fraction of sp³-hybridized carbons (Fsp3) is 0.0714. The summed E-state index contributed by atoms with van der Waals surface area (Å²) >= 11 is 17.1. The van der Waals surface area contributed by atoms with E-state index in [1.54, 1.807) is 13.0 Å². The van der Waals surface area contributed by atoms with Gasteiger partial charge in [0, 0.05) is 0 Å². The Morgan fingerprint density at radius 2 is 1.81 bits per heavy atom. The summed E-state index contributed by atoms with van der Waals surface area (Å²) in [5.74, 6) is -1.38. The monoisotopic (exact) mass is 344 g/mol. The van der Waals surface area contributed by atoms with E-state index >= 15 is 0 Å². The highest BCUT2D eigenvalue weighted by Gasteiger charge is 2.18. The number of fused-ring (bicyclic) bond motifs is 1. The summed E-state index contributed by atoms with van der Waals surface area (Å²) in [7, 11) is 0. The maximum atomic E-state index is 14.3. The molecule has 0 radical (unpaired) electrons. The van der Waals surface area contributed by atoms with Crippen molar-refractivity contribution in [3.05, 3.63) is 56.3 Å². The first kappa shape index (κ1) is 14.5. The van der Waals surface area contributed by atoms with Crippen LogP contribution >= 0.6 is 35.4 Å². The van der Waals surface area contributed by atoms with Crippen LogP contribution in [0.1, 0.15) is 5.56 Å². The van der Waals surface area contributed by atoms with E-state index in [0.717, 1.165) is 0 Å². The Bertz CT molecular complexity index is 931. The number of aromatic nitrogens is 2. The highest BCUT2D eigenvalue weighted by molar-refractivity contribution is 7.71. The molecular weight excluding hydrogens is 337 g/mol. The number of nitrogens with zero attached hydrogens (tertiary/aromatic N) is 1. The van der Waals surface area contributed by atoms with Gasteiger partial charge in [0.25, 0.3) is 0 Å². The van der Waals surface area contributed by atoms with E-state index in [4.69, 9.17) is 35.4 Å². The second-order valence-electron chi connectivity index (χ2n) is 4.58. The predicted molar refractivity (Wildman–Crippen MR) is 83.1 cm³/mol. The Kier molecular flexibility index (Phi) is 3.51. The van der Waals surface area contributed by atoms with Gasteiger partial charge in [-0.3, -0.25) is 4.57 Å². The van der Waals surface area contributed by atoms with Crippen LogP contribution < -0.4 is 0 Å². The Hall–Kier alpha value is -1.43. The lowest BCUT2D eigenvalue weighted by molar-refractivity contribution is 0.564. The largest absolute Gasteiger partial charge is 0.330 e. The Morgan fingerprint density at radius 1 is 1.14 bits per heavy atom. The van der Waals surface area contributed by atoms with Crippen molar-refractivity contribution in [2.24, 2.45) is 0 Å². The lowest BCUT2D eigenvalue weighted by Crippen LogP contribution is -2.03. The van der Waals surface area contributed by atoms with Gasteiger partial charge < -0.3 is 4.98 Å². The molecule has 0 bridgehead atoms. The van der Waals surface area contributed by atoms with Crippen molar-refractivity contribution in [2.75, 3.05) is 0 Å². The zero-order valence-electron chi connectivity index (χ0n) is 10.7. The minimum absolute atomic E-state index is 0.159. The average Bonchev–Trinajstić information content (AvgIpc) is 2.72. The topological polar surface area (TPSA) is 20.7 Å². The first-order valence-electron chi connectivity index (χ1n) is 5.95. The minimum Gasteiger partial charge on any atom is -0.330 e. The fourth-order valence-corrected chi connectivity index (χ4v) is 2.79. The van der Waals surface area contributed by atoms with Crippen LogP contribution in [0.15, 0.2) is 24.3 Å². The molecule has 0 saturated carbocycles. The molecule has 3 aromatic rings. The molecule has 0 aliphatic carbocycles. The van der Waals surface area contributed by atoms with Gasteiger partial charge >= 0.3 is 0 Å². The van der Waals surface area contributed by atoms with Crippen molar-refractivity contribution < 1.29 is 8.78 Å². The SMILES string of the molecule is Cc1ccc(F)c(-n2c(=S)[nH]c3cc(Cl)c(Cl)cc32)c1F. The smallest absolute Gasteiger partial charge is 0.182 e. The number of halogens is 4. The molecule has 7 heteroatoms. The molecular formula is C14H8Cl2F2N2S. The number of hydrogen-bond acceptors (Lipinski definition) is 1. The first-order chi connectivity index (χ1) is 9.90. The second-order valence-corrected chi connectivity index (χ2v) is 5.78. The van der Waals surface area contributed by atoms with Gasteiger partial charge in [0.15, 0.2) is 10.6 Å². The zero-order valence-corrected chi connectivity index (χ0v) is 13.0. The maximum Gasteiger partial charge on any atom is 0.182 e. The predicted octanol–water partition coefficient (Wildman–Crippen LogP) is 5.58. The third-order valence-corrected chi connectivity index (χ3v) is 4.21. The third-order valence-electron chi connectivity index (χ3n) is 3.21. The number of H-pyrrole nitrogens is 1. The summed E-state index contributed by atoms with van der Waals surface area (Å²) in [5.41, 5.74) is 1.10. The van der Waals surface area contributed by atoms with E-state index in [9.17, 15) is 8.78 Å². The number of aryl methyl sites for hydroxylation is 1. The van der Waals surface area contributed by atoms with Crippen molar-refractivity contribution >= 4 is 46.5 Å². The van der Waals surface area contributed by atoms with Gasteiger partial charge in [0.1, 0.15) is 11.5 Å². The van der Waals surface area contributed by atoms with Crippen LogP contribution in [0.25, 0.3) is 16.7 Å². The number of aromatic amines is 1. The summed E-state index contributed by atoms with van der Waals surface area (Å²) in [6.45, 7) is 1.56. The maximum absolute atomic E-state index is 14.3. The van der Waals surface area contributed by atoms with Gasteiger partial charge in [0.05, 0.1) is 21.1 Å². The van der Waals surface area contributed by atoms with Crippen LogP contribution in [-0.2, 0) is 0 Å². The molecule has 0 aliphatic heterocycles. The Morgan fingerprint density at radius 3 is 2.52 bits per heavy atom. The molecule has 0 atom stereocenters. The van der Waals surface area contributed by atoms with Gasteiger partial charge in [-0.05, 0) is 42.9 Å². The highest BCUT2D eigenvalue weighted by atomic mass is 35.5. The second kappa shape index (κ2) is 5.09. The van der Waals surface area contributed by atoms with Crippen molar-refractivity contribution in [1.29, 1.82) is 0 Å². The fourth-order valence-electron chi connectivity index (χ4n) is 2.17. The number of imidazole rings is 1. The van der Waals surface area contributed by atoms with Crippen molar-refractivity contribution in [3.8, 4) is 5.69 Å². The average molecular weight is 345 g/mol. The standard InChI is InChI=1S/C14H8Cl2F2N2S/c1-6-2-3-9(17)13(12(6)18)20-11-5-8(16)7(15)4-10(11)19-14(20)21/h2-5H,1H3,(H,19,21). The lowest BCUT2D eigenvalue weighted by Gasteiger charge is -2.09. The molecule has 3 rings (SSSR count). The number of rotatable bonds is 1. The molecule has 0 amide bonds. The molecule has 1 aromatic heterocycles. The number of nitrogens with one attached hydrogen (secondary N) is 1. The van der Waals surface area contributed by atoms with Gasteiger partial charge in [-0.2, -0.15) is 0 Å². The minimum atomic E-state index is -0.707.